The normalized spacial score (nSPS) is 29.7. The molecule has 0 radical (unpaired) electrons. The van der Waals surface area contributed by atoms with E-state index in [1.165, 1.54) is 18.2 Å². The number of allylic oxidation sites excluding steroid dienone is 3. The number of hydrogen-bond donors (Lipinski definition) is 4. The molecule has 40 heavy (non-hydrogen) atoms. The second-order valence-electron chi connectivity index (χ2n) is 11.6. The Labute approximate surface area is 234 Å². The van der Waals surface area contributed by atoms with Gasteiger partial charge in [-0.05, 0) is 79.2 Å². The first kappa shape index (κ1) is 26.2. The van der Waals surface area contributed by atoms with Gasteiger partial charge in [-0.1, -0.05) is 33.4 Å². The molecule has 1 unspecified atom stereocenters. The Morgan fingerprint density at radius 1 is 1.05 bits per heavy atom. The molecule has 3 aliphatic heterocycles. The molecular weight excluding hydrogens is 500 g/mol. The highest BCUT2D eigenvalue weighted by molar-refractivity contribution is 6.09. The van der Waals surface area contributed by atoms with Crippen LogP contribution in [0.25, 0.3) is 24.3 Å². The van der Waals surface area contributed by atoms with Gasteiger partial charge in [0, 0.05) is 50.7 Å². The molecule has 8 bridgehead atoms. The topological polar surface area (TPSA) is 99.0 Å². The van der Waals surface area contributed by atoms with E-state index < -0.39 is 17.8 Å². The van der Waals surface area contributed by atoms with Gasteiger partial charge in [0.25, 0.3) is 0 Å². The fourth-order valence-corrected chi connectivity index (χ4v) is 7.18. The quantitative estimate of drug-likeness (QED) is 0.354. The van der Waals surface area contributed by atoms with E-state index in [2.05, 4.69) is 80.0 Å². The summed E-state index contributed by atoms with van der Waals surface area (Å²) in [7, 11) is 1.36. The Balaban J connectivity index is 1.68. The molecule has 0 aromatic carbocycles. The number of methoxy groups -OCH3 is 1. The number of aromatic amines is 2. The van der Waals surface area contributed by atoms with Crippen molar-refractivity contribution in [2.24, 2.45) is 23.7 Å². The van der Waals surface area contributed by atoms with Crippen molar-refractivity contribution in [3.63, 3.8) is 0 Å². The number of ether oxygens (including phenoxy) is 1. The maximum atomic E-state index is 13.9. The van der Waals surface area contributed by atoms with Crippen LogP contribution < -0.4 is 21.3 Å². The Morgan fingerprint density at radius 2 is 1.80 bits per heavy atom. The van der Waals surface area contributed by atoms with E-state index >= 15 is 0 Å². The third kappa shape index (κ3) is 3.56. The van der Waals surface area contributed by atoms with Gasteiger partial charge in [-0.25, -0.2) is 0 Å². The number of carbonyl (C=O) groups excluding carboxylic acids is 2. The average molecular weight is 539 g/mol. The molecule has 2 aromatic rings. The van der Waals surface area contributed by atoms with Gasteiger partial charge in [-0.3, -0.25) is 9.59 Å². The van der Waals surface area contributed by atoms with Crippen LogP contribution in [0.2, 0.25) is 0 Å². The van der Waals surface area contributed by atoms with Gasteiger partial charge in [0.15, 0.2) is 5.78 Å². The van der Waals surface area contributed by atoms with Crippen LogP contribution >= 0.6 is 0 Å². The van der Waals surface area contributed by atoms with Gasteiger partial charge >= 0.3 is 5.97 Å². The molecule has 0 saturated carbocycles. The number of rotatable bonds is 3. The summed E-state index contributed by atoms with van der Waals surface area (Å²) in [4.78, 5) is 34.3. The maximum absolute atomic E-state index is 13.9. The number of fused-ring (bicyclic) bond motifs is 8. The molecular formula is C33H38N4O3. The summed E-state index contributed by atoms with van der Waals surface area (Å²) in [6.07, 6.45) is 9.24. The second-order valence-corrected chi connectivity index (χ2v) is 11.6. The summed E-state index contributed by atoms with van der Waals surface area (Å²) in [5, 5.41) is 9.40. The lowest BCUT2D eigenvalue weighted by Crippen LogP contribution is -2.36. The molecule has 1 saturated heterocycles. The molecule has 7 heteroatoms. The molecule has 1 aliphatic carbocycles. The number of H-pyrrole nitrogens is 2. The van der Waals surface area contributed by atoms with Crippen LogP contribution in [-0.4, -0.2) is 34.9 Å². The van der Waals surface area contributed by atoms with E-state index in [1.54, 1.807) is 0 Å². The standard InChI is InChI=1S/C33H38N4O3/c1-9-19-16(5)22-11-21-14(3)15(4)30(36-21)28-29(33(39)40-8)32(38)27-18(7)24(37-31(27)28)13-26-20(10-2)17(6)23(35-26)12-25(19)34-22/h9,11-15,27,29-30,34-37H,1,10H2,2-8H3/b21-11-,23-12-,26-13-/t14-,15-,27+,29+,30?/m0/s1. The molecule has 5 heterocycles. The Hall–Kier alpha value is -4.00. The summed E-state index contributed by atoms with van der Waals surface area (Å²) in [6, 6.07) is -0.187. The fourth-order valence-electron chi connectivity index (χ4n) is 7.18. The summed E-state index contributed by atoms with van der Waals surface area (Å²) in [6.45, 7) is 16.9. The second kappa shape index (κ2) is 9.29. The van der Waals surface area contributed by atoms with Crippen molar-refractivity contribution in [1.82, 2.24) is 20.6 Å². The van der Waals surface area contributed by atoms with Crippen LogP contribution in [-0.2, 0) is 20.7 Å². The minimum atomic E-state index is -0.925. The predicted octanol–water partition coefficient (Wildman–Crippen LogP) is 3.49. The van der Waals surface area contributed by atoms with E-state index in [9.17, 15) is 9.59 Å². The highest BCUT2D eigenvalue weighted by Gasteiger charge is 2.54. The first-order valence-corrected chi connectivity index (χ1v) is 14.2. The molecule has 208 valence electrons. The Kier molecular flexibility index (Phi) is 6.09. The fraction of sp³-hybridized carbons (Fsp3) is 0.394. The lowest BCUT2D eigenvalue weighted by Gasteiger charge is -2.24. The molecule has 4 aliphatic rings. The van der Waals surface area contributed by atoms with Crippen molar-refractivity contribution in [2.75, 3.05) is 7.11 Å². The highest BCUT2D eigenvalue weighted by Crippen LogP contribution is 2.47. The van der Waals surface area contributed by atoms with Crippen molar-refractivity contribution < 1.29 is 14.3 Å². The van der Waals surface area contributed by atoms with Crippen LogP contribution in [0.3, 0.4) is 0 Å². The van der Waals surface area contributed by atoms with Crippen LogP contribution in [0.1, 0.15) is 61.3 Å². The third-order valence-electron chi connectivity index (χ3n) is 9.76. The number of hydrogen-bond acceptors (Lipinski definition) is 5. The highest BCUT2D eigenvalue weighted by atomic mass is 16.5. The maximum Gasteiger partial charge on any atom is 0.320 e. The van der Waals surface area contributed by atoms with Crippen molar-refractivity contribution in [3.05, 3.63) is 79.2 Å². The van der Waals surface area contributed by atoms with E-state index in [0.29, 0.717) is 0 Å². The van der Waals surface area contributed by atoms with E-state index in [1.807, 2.05) is 13.0 Å². The molecule has 1 fully saturated rings. The molecule has 2 aromatic heterocycles. The molecule has 4 N–H and O–H groups in total. The molecule has 7 nitrogen and oxygen atoms in total. The summed E-state index contributed by atoms with van der Waals surface area (Å²) >= 11 is 0. The van der Waals surface area contributed by atoms with E-state index in [4.69, 9.17) is 4.74 Å². The monoisotopic (exact) mass is 538 g/mol. The van der Waals surface area contributed by atoms with Gasteiger partial charge < -0.3 is 25.3 Å². The van der Waals surface area contributed by atoms with Crippen molar-refractivity contribution >= 4 is 36.1 Å². The first-order chi connectivity index (χ1) is 19.1. The number of carbonyl (C=O) groups is 2. The number of ketones is 1. The van der Waals surface area contributed by atoms with Gasteiger partial charge in [-0.2, -0.15) is 0 Å². The van der Waals surface area contributed by atoms with Gasteiger partial charge in [0.1, 0.15) is 5.92 Å². The Bertz CT molecular complexity index is 1710. The van der Waals surface area contributed by atoms with Crippen molar-refractivity contribution in [1.29, 1.82) is 0 Å². The zero-order valence-electron chi connectivity index (χ0n) is 24.3. The van der Waals surface area contributed by atoms with Crippen LogP contribution in [0.5, 0.6) is 0 Å². The number of esters is 1. The average Bonchev–Trinajstić information content (AvgIpc) is 3.66. The largest absolute Gasteiger partial charge is 0.468 e. The lowest BCUT2D eigenvalue weighted by molar-refractivity contribution is -0.147. The van der Waals surface area contributed by atoms with Gasteiger partial charge in [-0.15, -0.1) is 0 Å². The van der Waals surface area contributed by atoms with Crippen molar-refractivity contribution in [2.45, 2.75) is 54.0 Å². The molecule has 0 spiro atoms. The van der Waals surface area contributed by atoms with E-state index in [-0.39, 0.29) is 23.7 Å². The van der Waals surface area contributed by atoms with Crippen LogP contribution in [0.4, 0.5) is 0 Å². The zero-order valence-corrected chi connectivity index (χ0v) is 24.3. The minimum absolute atomic E-state index is 0.113. The van der Waals surface area contributed by atoms with Gasteiger partial charge in [0.05, 0.1) is 19.1 Å². The van der Waals surface area contributed by atoms with Crippen molar-refractivity contribution in [3.8, 4) is 0 Å². The van der Waals surface area contributed by atoms with Crippen LogP contribution in [0.15, 0.2) is 34.8 Å². The molecule has 5 atom stereocenters. The third-order valence-corrected chi connectivity index (χ3v) is 9.76. The van der Waals surface area contributed by atoms with E-state index in [0.717, 1.165) is 67.9 Å². The minimum Gasteiger partial charge on any atom is -0.468 e. The molecule has 0 amide bonds. The Morgan fingerprint density at radius 3 is 2.48 bits per heavy atom. The number of Topliss-reactive ketones (excluding diaryl/α,β-unsaturated/α-hetero) is 1. The number of aromatic nitrogens is 2. The smallest absolute Gasteiger partial charge is 0.320 e. The summed E-state index contributed by atoms with van der Waals surface area (Å²) in [5.74, 6) is -1.68. The predicted molar refractivity (Wildman–Crippen MR) is 158 cm³/mol. The summed E-state index contributed by atoms with van der Waals surface area (Å²) in [5.41, 5.74) is 11.2. The van der Waals surface area contributed by atoms with Gasteiger partial charge in [0.2, 0.25) is 0 Å². The zero-order chi connectivity index (χ0) is 28.6. The first-order valence-electron chi connectivity index (χ1n) is 14.2. The lowest BCUT2D eigenvalue weighted by atomic mass is 9.84. The van der Waals surface area contributed by atoms with Crippen LogP contribution in [0, 0.1) is 37.5 Å². The number of nitrogens with one attached hydrogen (secondary N) is 4. The molecule has 6 rings (SSSR count). The SMILES string of the molecule is C=Cc1c2[nH]c(c1C)/C=C1\NC(C3=C4NC(=C(C)[C@H]4C(=O)[C@@H]3C(=O)OC)/C=c3\[nH]/c(c(C)c3CC)=C\2)[C@@H](C)[C@@H]1C. The summed E-state index contributed by atoms with van der Waals surface area (Å²) < 4.78 is 5.17.